The Morgan fingerprint density at radius 3 is 1.91 bits per heavy atom. The highest BCUT2D eigenvalue weighted by atomic mass is 28.1. The Labute approximate surface area is 71.4 Å². The van der Waals surface area contributed by atoms with Crippen molar-refractivity contribution in [2.24, 2.45) is 0 Å². The van der Waals surface area contributed by atoms with Crippen molar-refractivity contribution in [3.63, 3.8) is 0 Å². The van der Waals surface area contributed by atoms with Gasteiger partial charge in [-0.25, -0.2) is 0 Å². The van der Waals surface area contributed by atoms with Crippen LogP contribution in [0.25, 0.3) is 0 Å². The maximum Gasteiger partial charge on any atom is 0.0558 e. The lowest BCUT2D eigenvalue weighted by molar-refractivity contribution is 0.161. The Morgan fingerprint density at radius 2 is 1.55 bits per heavy atom. The summed E-state index contributed by atoms with van der Waals surface area (Å²) in [6.45, 7) is 2.80. The van der Waals surface area contributed by atoms with E-state index in [1.165, 1.54) is 22.7 Å². The van der Waals surface area contributed by atoms with Crippen molar-refractivity contribution in [1.82, 2.24) is 4.90 Å². The van der Waals surface area contributed by atoms with E-state index in [9.17, 15) is 0 Å². The SMILES string of the molecule is OCCN(CCO)CCC[SiH3]. The molecule has 0 amide bonds. The second kappa shape index (κ2) is 8.20. The molecule has 0 aliphatic heterocycles. The van der Waals surface area contributed by atoms with Crippen LogP contribution in [0.15, 0.2) is 0 Å². The van der Waals surface area contributed by atoms with Gasteiger partial charge in [-0.15, -0.1) is 0 Å². The summed E-state index contributed by atoms with van der Waals surface area (Å²) in [5.74, 6) is 0. The summed E-state index contributed by atoms with van der Waals surface area (Å²) >= 11 is 0. The van der Waals surface area contributed by atoms with Crippen molar-refractivity contribution < 1.29 is 10.2 Å². The van der Waals surface area contributed by atoms with Crippen molar-refractivity contribution in [1.29, 1.82) is 0 Å². The van der Waals surface area contributed by atoms with Crippen molar-refractivity contribution in [2.75, 3.05) is 32.8 Å². The van der Waals surface area contributed by atoms with Gasteiger partial charge in [-0.1, -0.05) is 6.04 Å². The van der Waals surface area contributed by atoms with Gasteiger partial charge in [0.05, 0.1) is 13.2 Å². The van der Waals surface area contributed by atoms with Gasteiger partial charge >= 0.3 is 0 Å². The van der Waals surface area contributed by atoms with Gasteiger partial charge in [0.1, 0.15) is 0 Å². The van der Waals surface area contributed by atoms with Crippen LogP contribution in [0.2, 0.25) is 6.04 Å². The van der Waals surface area contributed by atoms with E-state index in [4.69, 9.17) is 10.2 Å². The van der Waals surface area contributed by atoms with Gasteiger partial charge in [-0.05, 0) is 13.0 Å². The molecular weight excluding hydrogens is 158 g/mol. The first-order valence-corrected chi connectivity index (χ1v) is 5.70. The number of hydrogen-bond donors (Lipinski definition) is 2. The van der Waals surface area contributed by atoms with E-state index in [1.807, 2.05) is 0 Å². The second-order valence-corrected chi connectivity index (χ2v) is 3.64. The Bertz CT molecular complexity index is 76.8. The van der Waals surface area contributed by atoms with Gasteiger partial charge in [0.15, 0.2) is 0 Å². The number of nitrogens with zero attached hydrogens (tertiary/aromatic N) is 1. The van der Waals surface area contributed by atoms with Crippen LogP contribution >= 0.6 is 0 Å². The van der Waals surface area contributed by atoms with E-state index in [2.05, 4.69) is 4.90 Å². The number of rotatable bonds is 7. The van der Waals surface area contributed by atoms with E-state index in [1.54, 1.807) is 0 Å². The summed E-state index contributed by atoms with van der Waals surface area (Å²) in [5, 5.41) is 17.3. The van der Waals surface area contributed by atoms with Crippen molar-refractivity contribution in [3.05, 3.63) is 0 Å². The molecule has 11 heavy (non-hydrogen) atoms. The van der Waals surface area contributed by atoms with Crippen LogP contribution in [0.1, 0.15) is 6.42 Å². The fourth-order valence-corrected chi connectivity index (χ4v) is 1.32. The van der Waals surface area contributed by atoms with Crippen LogP contribution < -0.4 is 0 Å². The largest absolute Gasteiger partial charge is 0.395 e. The van der Waals surface area contributed by atoms with Crippen LogP contribution in [-0.4, -0.2) is 58.2 Å². The third-order valence-electron chi connectivity index (χ3n) is 1.66. The molecule has 0 bridgehead atoms. The topological polar surface area (TPSA) is 43.7 Å². The average Bonchev–Trinajstić information content (AvgIpc) is 2.01. The molecule has 0 aromatic rings. The lowest BCUT2D eigenvalue weighted by atomic mass is 10.4. The number of aliphatic hydroxyl groups is 2. The number of aliphatic hydroxyl groups excluding tert-OH is 2. The lowest BCUT2D eigenvalue weighted by Crippen LogP contribution is -2.30. The van der Waals surface area contributed by atoms with Gasteiger partial charge in [0.25, 0.3) is 0 Å². The maximum atomic E-state index is 8.65. The quantitative estimate of drug-likeness (QED) is 0.463. The van der Waals surface area contributed by atoms with E-state index >= 15 is 0 Å². The van der Waals surface area contributed by atoms with E-state index in [0.29, 0.717) is 13.1 Å². The Kier molecular flexibility index (Phi) is 8.27. The molecule has 0 heterocycles. The molecule has 68 valence electrons. The molecule has 0 fully saturated rings. The van der Waals surface area contributed by atoms with Crippen LogP contribution in [0.5, 0.6) is 0 Å². The van der Waals surface area contributed by atoms with Gasteiger partial charge in [-0.2, -0.15) is 0 Å². The first-order chi connectivity index (χ1) is 5.35. The summed E-state index contributed by atoms with van der Waals surface area (Å²) in [5.41, 5.74) is 0. The smallest absolute Gasteiger partial charge is 0.0558 e. The molecule has 0 saturated carbocycles. The molecule has 0 aliphatic carbocycles. The zero-order valence-corrected chi connectivity index (χ0v) is 9.29. The fraction of sp³-hybridized carbons (Fsp3) is 1.00. The normalized spacial score (nSPS) is 11.2. The molecule has 0 aliphatic rings. The highest BCUT2D eigenvalue weighted by molar-refractivity contribution is 6.08. The first-order valence-electron chi connectivity index (χ1n) is 4.29. The molecule has 4 heteroatoms. The number of hydrogen-bond acceptors (Lipinski definition) is 3. The fourth-order valence-electron chi connectivity index (χ4n) is 1.000. The summed E-state index contributed by atoms with van der Waals surface area (Å²) < 4.78 is 0. The Morgan fingerprint density at radius 1 is 1.00 bits per heavy atom. The lowest BCUT2D eigenvalue weighted by Gasteiger charge is -2.19. The predicted molar refractivity (Wildman–Crippen MR) is 50.0 cm³/mol. The van der Waals surface area contributed by atoms with Crippen LogP contribution in [0.3, 0.4) is 0 Å². The summed E-state index contributed by atoms with van der Waals surface area (Å²) in [6, 6.07) is 1.30. The van der Waals surface area contributed by atoms with Crippen LogP contribution in [0, 0.1) is 0 Å². The second-order valence-electron chi connectivity index (χ2n) is 2.64. The zero-order valence-electron chi connectivity index (χ0n) is 7.29. The summed E-state index contributed by atoms with van der Waals surface area (Å²) in [7, 11) is 1.25. The molecule has 0 atom stereocenters. The first kappa shape index (κ1) is 11.1. The van der Waals surface area contributed by atoms with E-state index < -0.39 is 0 Å². The van der Waals surface area contributed by atoms with Crippen molar-refractivity contribution >= 4 is 10.2 Å². The molecular formula is C7H19NO2Si. The third-order valence-corrected chi connectivity index (χ3v) is 2.37. The van der Waals surface area contributed by atoms with Crippen LogP contribution in [-0.2, 0) is 0 Å². The minimum absolute atomic E-state index is 0.196. The van der Waals surface area contributed by atoms with Crippen molar-refractivity contribution in [2.45, 2.75) is 12.5 Å². The average molecular weight is 177 g/mol. The zero-order chi connectivity index (χ0) is 8.53. The molecule has 0 aromatic carbocycles. The monoisotopic (exact) mass is 177 g/mol. The molecule has 3 nitrogen and oxygen atoms in total. The van der Waals surface area contributed by atoms with Gasteiger partial charge in [-0.3, -0.25) is 4.90 Å². The molecule has 2 N–H and O–H groups in total. The van der Waals surface area contributed by atoms with Gasteiger partial charge in [0.2, 0.25) is 0 Å². The molecule has 0 spiro atoms. The Hall–Kier alpha value is 0.0969. The standard InChI is InChI=1S/C7H19NO2Si/c9-5-3-8(4-6-10)2-1-7-11/h9-10H,1-7H2,11H3. The molecule has 0 rings (SSSR count). The highest BCUT2D eigenvalue weighted by Gasteiger charge is 2.00. The Balaban J connectivity index is 3.34. The van der Waals surface area contributed by atoms with E-state index in [-0.39, 0.29) is 13.2 Å². The van der Waals surface area contributed by atoms with Crippen molar-refractivity contribution in [3.8, 4) is 0 Å². The minimum atomic E-state index is 0.196. The predicted octanol–water partition coefficient (Wildman–Crippen LogP) is -1.55. The summed E-state index contributed by atoms with van der Waals surface area (Å²) in [6.07, 6.45) is 1.20. The molecule has 0 aromatic heterocycles. The molecule has 0 saturated heterocycles. The maximum absolute atomic E-state index is 8.65. The van der Waals surface area contributed by atoms with Crippen LogP contribution in [0.4, 0.5) is 0 Å². The third kappa shape index (κ3) is 6.49. The van der Waals surface area contributed by atoms with Gasteiger partial charge < -0.3 is 10.2 Å². The molecule has 0 unspecified atom stereocenters. The van der Waals surface area contributed by atoms with E-state index in [0.717, 1.165) is 6.54 Å². The molecule has 0 radical (unpaired) electrons. The summed E-state index contributed by atoms with van der Waals surface area (Å²) in [4.78, 5) is 2.10. The minimum Gasteiger partial charge on any atom is -0.395 e. The van der Waals surface area contributed by atoms with Gasteiger partial charge in [0, 0.05) is 23.3 Å². The highest BCUT2D eigenvalue weighted by Crippen LogP contribution is 1.92.